The number of carbonyl (C=O) groups excluding carboxylic acids is 2. The van der Waals surface area contributed by atoms with E-state index in [1.807, 2.05) is 48.5 Å². The summed E-state index contributed by atoms with van der Waals surface area (Å²) in [5, 5.41) is 13.5. The van der Waals surface area contributed by atoms with Gasteiger partial charge in [0.05, 0.1) is 0 Å². The molecule has 182 valence electrons. The number of alkyl halides is 3. The number of rotatable bonds is 10. The molecule has 2 amide bonds. The fraction of sp³-hybridized carbons (Fsp3) is 0.348. The zero-order valence-corrected chi connectivity index (χ0v) is 18.7. The van der Waals surface area contributed by atoms with Crippen molar-refractivity contribution in [1.29, 1.82) is 0 Å². The van der Waals surface area contributed by atoms with Crippen LogP contribution < -0.4 is 10.6 Å². The van der Waals surface area contributed by atoms with Gasteiger partial charge >= 0.3 is 17.6 Å². The molecule has 3 rings (SSSR count). The number of carboxylic acids is 1. The molecule has 1 aliphatic carbocycles. The van der Waals surface area contributed by atoms with Gasteiger partial charge in [-0.15, -0.1) is 0 Å². The Morgan fingerprint density at radius 3 is 2.18 bits per heavy atom. The van der Waals surface area contributed by atoms with Gasteiger partial charge in [-0.1, -0.05) is 48.5 Å². The normalized spacial score (nSPS) is 13.5. The number of halogens is 3. The summed E-state index contributed by atoms with van der Waals surface area (Å²) in [6.07, 6.45) is -1.58. The topological polar surface area (TPSA) is 105 Å². The third kappa shape index (κ3) is 6.89. The third-order valence-corrected chi connectivity index (χ3v) is 6.00. The highest BCUT2D eigenvalue weighted by Crippen LogP contribution is 2.44. The van der Waals surface area contributed by atoms with E-state index in [1.165, 1.54) is 0 Å². The lowest BCUT2D eigenvalue weighted by Gasteiger charge is -2.19. The summed E-state index contributed by atoms with van der Waals surface area (Å²) in [4.78, 5) is 35.7. The minimum atomic E-state index is -4.42. The molecule has 34 heavy (non-hydrogen) atoms. The summed E-state index contributed by atoms with van der Waals surface area (Å²) in [6.45, 7) is -0.297. The lowest BCUT2D eigenvalue weighted by molar-refractivity contribution is -0.137. The van der Waals surface area contributed by atoms with Crippen LogP contribution in [0.1, 0.15) is 29.9 Å². The molecule has 7 nitrogen and oxygen atoms in total. The fourth-order valence-electron chi connectivity index (χ4n) is 3.78. The molecule has 0 bridgehead atoms. The highest BCUT2D eigenvalue weighted by Gasteiger charge is 2.30. The Balaban J connectivity index is 1.59. The van der Waals surface area contributed by atoms with Crippen molar-refractivity contribution in [3.8, 4) is 11.1 Å². The number of carbonyl (C=O) groups is 3. The van der Waals surface area contributed by atoms with Crippen molar-refractivity contribution in [2.24, 2.45) is 0 Å². The SMILES string of the molecule is O=C(O)CCC(NC(=O)OCC1c2ccccc2-c2ccccc21)C(=O)NCCSC(F)(F)F. The zero-order valence-electron chi connectivity index (χ0n) is 17.9. The monoisotopic (exact) mass is 496 g/mol. The lowest BCUT2D eigenvalue weighted by Crippen LogP contribution is -2.47. The second kappa shape index (κ2) is 11.3. The maximum Gasteiger partial charge on any atom is 0.441 e. The van der Waals surface area contributed by atoms with Crippen LogP contribution in [0.3, 0.4) is 0 Å². The van der Waals surface area contributed by atoms with E-state index in [0.717, 1.165) is 22.3 Å². The van der Waals surface area contributed by atoms with E-state index in [4.69, 9.17) is 9.84 Å². The van der Waals surface area contributed by atoms with Crippen LogP contribution in [0.25, 0.3) is 11.1 Å². The van der Waals surface area contributed by atoms with E-state index in [0.29, 0.717) is 0 Å². The molecular weight excluding hydrogens is 473 g/mol. The number of thioether (sulfide) groups is 1. The van der Waals surface area contributed by atoms with Crippen LogP contribution >= 0.6 is 11.8 Å². The van der Waals surface area contributed by atoms with Gasteiger partial charge in [-0.2, -0.15) is 13.2 Å². The molecular formula is C23H23F3N2O5S. The third-order valence-electron chi connectivity index (χ3n) is 5.27. The van der Waals surface area contributed by atoms with Crippen molar-refractivity contribution < 1.29 is 37.4 Å². The standard InChI is InChI=1S/C23H23F3N2O5S/c24-23(25,26)34-12-11-27-21(31)19(9-10-20(29)30)28-22(32)33-13-18-16-7-3-1-5-14(16)15-6-2-4-8-17(15)18/h1-8,18-19H,9-13H2,(H,27,31)(H,28,32)(H,29,30). The molecule has 11 heteroatoms. The lowest BCUT2D eigenvalue weighted by atomic mass is 9.98. The molecule has 1 aliphatic rings. The molecule has 0 aromatic heterocycles. The Bertz CT molecular complexity index is 1000. The number of amides is 2. The number of nitrogens with one attached hydrogen (secondary N) is 2. The summed E-state index contributed by atoms with van der Waals surface area (Å²) in [6, 6.07) is 14.2. The van der Waals surface area contributed by atoms with Gasteiger partial charge in [0, 0.05) is 24.6 Å². The maximum absolute atomic E-state index is 12.4. The molecule has 0 spiro atoms. The van der Waals surface area contributed by atoms with Gasteiger partial charge < -0.3 is 20.5 Å². The summed E-state index contributed by atoms with van der Waals surface area (Å²) >= 11 is -0.290. The van der Waals surface area contributed by atoms with Crippen LogP contribution in [0.2, 0.25) is 0 Å². The molecule has 1 unspecified atom stereocenters. The molecule has 0 fully saturated rings. The van der Waals surface area contributed by atoms with E-state index in [-0.39, 0.29) is 37.3 Å². The van der Waals surface area contributed by atoms with Gasteiger partial charge in [0.25, 0.3) is 0 Å². The summed E-state index contributed by atoms with van der Waals surface area (Å²) in [7, 11) is 0. The van der Waals surface area contributed by atoms with Gasteiger partial charge in [-0.3, -0.25) is 9.59 Å². The summed E-state index contributed by atoms with van der Waals surface area (Å²) in [5.74, 6) is -2.58. The van der Waals surface area contributed by atoms with E-state index < -0.39 is 41.7 Å². The minimum absolute atomic E-state index is 0.00461. The number of aliphatic carboxylic acids is 1. The predicted molar refractivity (Wildman–Crippen MR) is 120 cm³/mol. The minimum Gasteiger partial charge on any atom is -0.481 e. The Kier molecular flexibility index (Phi) is 8.43. The first-order chi connectivity index (χ1) is 16.2. The maximum atomic E-state index is 12.4. The molecule has 0 radical (unpaired) electrons. The number of fused-ring (bicyclic) bond motifs is 3. The molecule has 0 saturated carbocycles. The van der Waals surface area contributed by atoms with E-state index in [2.05, 4.69) is 10.6 Å². The second-order valence-electron chi connectivity index (χ2n) is 7.54. The molecule has 3 N–H and O–H groups in total. The smallest absolute Gasteiger partial charge is 0.441 e. The molecule has 1 atom stereocenters. The summed E-state index contributed by atoms with van der Waals surface area (Å²) < 4.78 is 42.1. The average Bonchev–Trinajstić information content (AvgIpc) is 3.11. The molecule has 0 heterocycles. The van der Waals surface area contributed by atoms with Crippen molar-refractivity contribution in [1.82, 2.24) is 10.6 Å². The predicted octanol–water partition coefficient (Wildman–Crippen LogP) is 4.13. The first kappa shape index (κ1) is 25.4. The molecule has 0 aliphatic heterocycles. The highest BCUT2D eigenvalue weighted by atomic mass is 32.2. The zero-order chi connectivity index (χ0) is 24.7. The Morgan fingerprint density at radius 1 is 1.03 bits per heavy atom. The van der Waals surface area contributed by atoms with Gasteiger partial charge in [-0.25, -0.2) is 4.79 Å². The van der Waals surface area contributed by atoms with Gasteiger partial charge in [-0.05, 0) is 40.4 Å². The van der Waals surface area contributed by atoms with Crippen LogP contribution in [0.5, 0.6) is 0 Å². The van der Waals surface area contributed by atoms with Crippen molar-refractivity contribution in [3.05, 3.63) is 59.7 Å². The van der Waals surface area contributed by atoms with Crippen LogP contribution in [0.4, 0.5) is 18.0 Å². The van der Waals surface area contributed by atoms with Gasteiger partial charge in [0.2, 0.25) is 5.91 Å². The van der Waals surface area contributed by atoms with Gasteiger partial charge in [0.15, 0.2) is 0 Å². The fourth-order valence-corrected chi connectivity index (χ4v) is 4.22. The van der Waals surface area contributed by atoms with Crippen molar-refractivity contribution in [2.75, 3.05) is 18.9 Å². The Morgan fingerprint density at radius 2 is 1.62 bits per heavy atom. The second-order valence-corrected chi connectivity index (χ2v) is 8.70. The number of ether oxygens (including phenoxy) is 1. The van der Waals surface area contributed by atoms with Crippen LogP contribution in [-0.4, -0.2) is 53.5 Å². The molecule has 2 aromatic rings. The Hall–Kier alpha value is -3.21. The number of alkyl carbamates (subject to hydrolysis) is 1. The Labute approximate surface area is 198 Å². The first-order valence-corrected chi connectivity index (χ1v) is 11.5. The van der Waals surface area contributed by atoms with Gasteiger partial charge in [0.1, 0.15) is 12.6 Å². The largest absolute Gasteiger partial charge is 0.481 e. The number of hydrogen-bond donors (Lipinski definition) is 3. The molecule has 2 aromatic carbocycles. The van der Waals surface area contributed by atoms with Crippen molar-refractivity contribution in [3.63, 3.8) is 0 Å². The van der Waals surface area contributed by atoms with Crippen molar-refractivity contribution in [2.45, 2.75) is 30.3 Å². The van der Waals surface area contributed by atoms with E-state index in [1.54, 1.807) is 0 Å². The number of hydrogen-bond acceptors (Lipinski definition) is 5. The van der Waals surface area contributed by atoms with Crippen LogP contribution in [0.15, 0.2) is 48.5 Å². The number of carboxylic acid groups (broad SMARTS) is 1. The average molecular weight is 497 g/mol. The van der Waals surface area contributed by atoms with Crippen molar-refractivity contribution >= 4 is 29.7 Å². The first-order valence-electron chi connectivity index (χ1n) is 10.5. The van der Waals surface area contributed by atoms with Crippen LogP contribution in [0, 0.1) is 0 Å². The summed E-state index contributed by atoms with van der Waals surface area (Å²) in [5.41, 5.74) is -0.338. The van der Waals surface area contributed by atoms with E-state index >= 15 is 0 Å². The molecule has 0 saturated heterocycles. The van der Waals surface area contributed by atoms with Crippen LogP contribution in [-0.2, 0) is 14.3 Å². The van der Waals surface area contributed by atoms with E-state index in [9.17, 15) is 27.6 Å². The highest BCUT2D eigenvalue weighted by molar-refractivity contribution is 8.00. The quantitative estimate of drug-likeness (QED) is 0.428. The number of benzene rings is 2.